The molecule has 2 aromatic rings. The van der Waals surface area contributed by atoms with Gasteiger partial charge in [0.05, 0.1) is 0 Å². The van der Waals surface area contributed by atoms with E-state index in [-0.39, 0.29) is 24.3 Å². The molecule has 1 aliphatic heterocycles. The monoisotopic (exact) mass is 352 g/mol. The number of carbonyl (C=O) groups is 2. The van der Waals surface area contributed by atoms with E-state index >= 15 is 0 Å². The number of ether oxygens (including phenoxy) is 2. The van der Waals surface area contributed by atoms with Gasteiger partial charge in [-0.25, -0.2) is 0 Å². The fraction of sp³-hybridized carbons (Fsp3) is 0.300. The van der Waals surface area contributed by atoms with Crippen LogP contribution in [0.25, 0.3) is 0 Å². The first-order valence-electron chi connectivity index (χ1n) is 8.75. The number of amides is 2. The van der Waals surface area contributed by atoms with Gasteiger partial charge < -0.3 is 20.1 Å². The number of carbonyl (C=O) groups excluding carboxylic acids is 2. The van der Waals surface area contributed by atoms with Crippen LogP contribution in [0.15, 0.2) is 48.5 Å². The van der Waals surface area contributed by atoms with E-state index in [1.54, 1.807) is 6.07 Å². The largest absolute Gasteiger partial charge is 0.485 e. The molecule has 134 valence electrons. The molecule has 26 heavy (non-hydrogen) atoms. The highest BCUT2D eigenvalue weighted by Crippen LogP contribution is 2.31. The molecule has 0 aromatic heterocycles. The standard InChI is InChI=1S/C20H20N2O4/c23-19(14-7-8-14)22-15-9-5-13(6-10-15)11-21-20(24)18-12-25-16-3-1-2-4-17(16)26-18/h1-6,9-10,14,18H,7-8,11-12H2,(H,21,24)(H,22,23). The zero-order chi connectivity index (χ0) is 17.9. The fourth-order valence-electron chi connectivity index (χ4n) is 2.75. The summed E-state index contributed by atoms with van der Waals surface area (Å²) >= 11 is 0. The number of benzene rings is 2. The van der Waals surface area contributed by atoms with Gasteiger partial charge in [-0.15, -0.1) is 0 Å². The number of hydrogen-bond acceptors (Lipinski definition) is 4. The van der Waals surface area contributed by atoms with E-state index in [1.807, 2.05) is 42.5 Å². The number of fused-ring (bicyclic) bond motifs is 1. The maximum atomic E-state index is 12.3. The molecular weight excluding hydrogens is 332 g/mol. The predicted octanol–water partition coefficient (Wildman–Crippen LogP) is 2.49. The quantitative estimate of drug-likeness (QED) is 0.867. The van der Waals surface area contributed by atoms with Gasteiger partial charge in [0, 0.05) is 18.2 Å². The van der Waals surface area contributed by atoms with Crippen molar-refractivity contribution in [1.29, 1.82) is 0 Å². The summed E-state index contributed by atoms with van der Waals surface area (Å²) in [6, 6.07) is 14.8. The van der Waals surface area contributed by atoms with Crippen LogP contribution in [0.1, 0.15) is 18.4 Å². The average molecular weight is 352 g/mol. The molecule has 2 aromatic carbocycles. The Morgan fingerprint density at radius 2 is 1.69 bits per heavy atom. The Morgan fingerprint density at radius 3 is 2.42 bits per heavy atom. The van der Waals surface area contributed by atoms with Crippen LogP contribution in [0, 0.1) is 5.92 Å². The zero-order valence-corrected chi connectivity index (χ0v) is 14.2. The summed E-state index contributed by atoms with van der Waals surface area (Å²) < 4.78 is 11.2. The maximum Gasteiger partial charge on any atom is 0.264 e. The van der Waals surface area contributed by atoms with E-state index in [9.17, 15) is 9.59 Å². The van der Waals surface area contributed by atoms with Gasteiger partial charge in [0.2, 0.25) is 12.0 Å². The molecule has 2 amide bonds. The molecule has 2 aliphatic rings. The molecule has 1 atom stereocenters. The second kappa shape index (κ2) is 7.07. The first-order valence-corrected chi connectivity index (χ1v) is 8.75. The van der Waals surface area contributed by atoms with Gasteiger partial charge in [0.15, 0.2) is 11.5 Å². The molecule has 6 nitrogen and oxygen atoms in total. The Bertz CT molecular complexity index is 815. The Morgan fingerprint density at radius 1 is 0.962 bits per heavy atom. The Labute approximate surface area is 151 Å². The molecule has 1 fully saturated rings. The predicted molar refractivity (Wildman–Crippen MR) is 96.0 cm³/mol. The highest BCUT2D eigenvalue weighted by Gasteiger charge is 2.29. The third-order valence-corrected chi connectivity index (χ3v) is 4.44. The maximum absolute atomic E-state index is 12.3. The minimum absolute atomic E-state index is 0.0841. The van der Waals surface area contributed by atoms with E-state index in [2.05, 4.69) is 10.6 Å². The van der Waals surface area contributed by atoms with Crippen LogP contribution >= 0.6 is 0 Å². The van der Waals surface area contributed by atoms with E-state index in [0.29, 0.717) is 18.0 Å². The lowest BCUT2D eigenvalue weighted by Gasteiger charge is -2.25. The molecule has 1 unspecified atom stereocenters. The Hall–Kier alpha value is -3.02. The zero-order valence-electron chi connectivity index (χ0n) is 14.2. The van der Waals surface area contributed by atoms with Gasteiger partial charge in [0.1, 0.15) is 6.61 Å². The summed E-state index contributed by atoms with van der Waals surface area (Å²) in [4.78, 5) is 24.0. The van der Waals surface area contributed by atoms with Gasteiger partial charge >= 0.3 is 0 Å². The minimum atomic E-state index is -0.665. The van der Waals surface area contributed by atoms with Crippen molar-refractivity contribution in [3.63, 3.8) is 0 Å². The van der Waals surface area contributed by atoms with Crippen LogP contribution in [-0.4, -0.2) is 24.5 Å². The third kappa shape index (κ3) is 3.79. The third-order valence-electron chi connectivity index (χ3n) is 4.44. The van der Waals surface area contributed by atoms with Crippen molar-refractivity contribution in [1.82, 2.24) is 5.32 Å². The lowest BCUT2D eigenvalue weighted by molar-refractivity contribution is -0.130. The van der Waals surface area contributed by atoms with Crippen LogP contribution in [0.3, 0.4) is 0 Å². The number of anilines is 1. The lowest BCUT2D eigenvalue weighted by Crippen LogP contribution is -2.43. The SMILES string of the molecule is O=C(Nc1ccc(CNC(=O)C2COc3ccccc3O2)cc1)C1CC1. The highest BCUT2D eigenvalue weighted by atomic mass is 16.6. The molecular formula is C20H20N2O4. The Kier molecular flexibility index (Phi) is 4.48. The average Bonchev–Trinajstić information content (AvgIpc) is 3.52. The molecule has 1 saturated carbocycles. The van der Waals surface area contributed by atoms with Crippen molar-refractivity contribution in [2.45, 2.75) is 25.5 Å². The second-order valence-electron chi connectivity index (χ2n) is 6.54. The molecule has 0 bridgehead atoms. The first-order chi connectivity index (χ1) is 12.7. The van der Waals surface area contributed by atoms with Crippen LogP contribution in [0.2, 0.25) is 0 Å². The Balaban J connectivity index is 1.28. The summed E-state index contributed by atoms with van der Waals surface area (Å²) in [5, 5.41) is 5.75. The van der Waals surface area contributed by atoms with Crippen molar-refractivity contribution >= 4 is 17.5 Å². The summed E-state index contributed by atoms with van der Waals surface area (Å²) in [5.74, 6) is 1.28. The topological polar surface area (TPSA) is 76.7 Å². The van der Waals surface area contributed by atoms with E-state index in [1.165, 1.54) is 0 Å². The summed E-state index contributed by atoms with van der Waals surface area (Å²) in [6.45, 7) is 0.576. The van der Waals surface area contributed by atoms with Crippen LogP contribution in [0.4, 0.5) is 5.69 Å². The first kappa shape index (κ1) is 16.4. The van der Waals surface area contributed by atoms with E-state index in [4.69, 9.17) is 9.47 Å². The molecule has 2 N–H and O–H groups in total. The molecule has 1 aliphatic carbocycles. The van der Waals surface area contributed by atoms with Crippen molar-refractivity contribution < 1.29 is 19.1 Å². The van der Waals surface area contributed by atoms with Gasteiger partial charge in [-0.3, -0.25) is 9.59 Å². The number of nitrogens with one attached hydrogen (secondary N) is 2. The molecule has 0 saturated heterocycles. The summed E-state index contributed by atoms with van der Waals surface area (Å²) in [7, 11) is 0. The van der Waals surface area contributed by atoms with Gasteiger partial charge in [-0.1, -0.05) is 24.3 Å². The summed E-state index contributed by atoms with van der Waals surface area (Å²) in [6.07, 6.45) is 1.29. The normalized spacial score (nSPS) is 18.1. The molecule has 6 heteroatoms. The molecule has 1 heterocycles. The van der Waals surface area contributed by atoms with Crippen molar-refractivity contribution in [3.8, 4) is 11.5 Å². The van der Waals surface area contributed by atoms with Crippen LogP contribution in [0.5, 0.6) is 11.5 Å². The van der Waals surface area contributed by atoms with Crippen LogP contribution < -0.4 is 20.1 Å². The summed E-state index contributed by atoms with van der Waals surface area (Å²) in [5.41, 5.74) is 1.72. The lowest BCUT2D eigenvalue weighted by atomic mass is 10.2. The molecule has 0 radical (unpaired) electrons. The highest BCUT2D eigenvalue weighted by molar-refractivity contribution is 5.94. The van der Waals surface area contributed by atoms with Crippen molar-refractivity contribution in [2.24, 2.45) is 5.92 Å². The number of rotatable bonds is 5. The van der Waals surface area contributed by atoms with Gasteiger partial charge in [0.25, 0.3) is 5.91 Å². The minimum Gasteiger partial charge on any atom is -0.485 e. The van der Waals surface area contributed by atoms with E-state index < -0.39 is 6.10 Å². The molecule has 0 spiro atoms. The number of para-hydroxylation sites is 2. The smallest absolute Gasteiger partial charge is 0.264 e. The molecule has 4 rings (SSSR count). The van der Waals surface area contributed by atoms with Crippen molar-refractivity contribution in [3.05, 3.63) is 54.1 Å². The van der Waals surface area contributed by atoms with E-state index in [0.717, 1.165) is 24.1 Å². The second-order valence-corrected chi connectivity index (χ2v) is 6.54. The number of hydrogen-bond donors (Lipinski definition) is 2. The van der Waals surface area contributed by atoms with Gasteiger partial charge in [-0.05, 0) is 42.7 Å². The fourth-order valence-corrected chi connectivity index (χ4v) is 2.75. The van der Waals surface area contributed by atoms with Crippen LogP contribution in [-0.2, 0) is 16.1 Å². The van der Waals surface area contributed by atoms with Gasteiger partial charge in [-0.2, -0.15) is 0 Å². The van der Waals surface area contributed by atoms with Crippen molar-refractivity contribution in [2.75, 3.05) is 11.9 Å².